The second-order valence-electron chi connectivity index (χ2n) is 21.6. The van der Waals surface area contributed by atoms with E-state index in [2.05, 4.69) is 130 Å². The fourth-order valence-electron chi connectivity index (χ4n) is 9.10. The molecule has 6 heteroatoms. The zero-order chi connectivity index (χ0) is 56.4. The quantitative estimate of drug-likeness (QED) is 0.0261. The number of esters is 3. The average Bonchev–Trinajstić information content (AvgIpc) is 3.44. The normalized spacial score (nSPS) is 12.8. The molecule has 0 heterocycles. The lowest BCUT2D eigenvalue weighted by Crippen LogP contribution is -2.30. The highest BCUT2D eigenvalue weighted by Gasteiger charge is 2.19. The van der Waals surface area contributed by atoms with Gasteiger partial charge in [-0.05, 0) is 109 Å². The summed E-state index contributed by atoms with van der Waals surface area (Å²) in [6.07, 6.45) is 89.6. The highest BCUT2D eigenvalue weighted by molar-refractivity contribution is 5.71. The molecule has 0 saturated heterocycles. The summed E-state index contributed by atoms with van der Waals surface area (Å²) in [7, 11) is 0. The van der Waals surface area contributed by atoms with E-state index >= 15 is 0 Å². The maximum atomic E-state index is 12.9. The molecule has 6 nitrogen and oxygen atoms in total. The molecule has 446 valence electrons. The summed E-state index contributed by atoms with van der Waals surface area (Å²) >= 11 is 0. The van der Waals surface area contributed by atoms with E-state index in [1.54, 1.807) is 0 Å². The minimum absolute atomic E-state index is 0.0814. The Morgan fingerprint density at radius 1 is 0.269 bits per heavy atom. The summed E-state index contributed by atoms with van der Waals surface area (Å²) in [5.41, 5.74) is 0. The standard InChI is InChI=1S/C72H122O6/c1-4-7-10-13-16-19-22-24-26-28-30-31-32-33-34-35-36-37-38-39-40-41-43-44-46-48-50-53-56-59-62-65-71(74)77-68-69(67-76-70(73)64-61-58-55-52-21-18-15-12-9-6-3)78-72(75)66-63-60-57-54-51-49-47-45-42-29-27-25-23-20-17-14-11-8-5-2/h7,10,16-17,19-20,24-27,30-31,33-34,36-37,42,45,69H,4-6,8-9,11-15,18,21-23,28-29,32,35,38-41,43-44,46-68H2,1-3H3/b10-7-,19-16-,20-17-,26-24-,27-25-,31-30-,34-33-,37-36-,45-42-. The van der Waals surface area contributed by atoms with E-state index in [0.717, 1.165) is 122 Å². The second kappa shape index (κ2) is 65.6. The van der Waals surface area contributed by atoms with Gasteiger partial charge >= 0.3 is 17.9 Å². The monoisotopic (exact) mass is 1080 g/mol. The number of rotatable bonds is 59. The lowest BCUT2D eigenvalue weighted by molar-refractivity contribution is -0.167. The smallest absolute Gasteiger partial charge is 0.306 e. The van der Waals surface area contributed by atoms with Gasteiger partial charge in [0.25, 0.3) is 0 Å². The molecular weight excluding hydrogens is 961 g/mol. The van der Waals surface area contributed by atoms with Gasteiger partial charge in [0.15, 0.2) is 6.10 Å². The maximum absolute atomic E-state index is 12.9. The largest absolute Gasteiger partial charge is 0.462 e. The van der Waals surface area contributed by atoms with Crippen molar-refractivity contribution in [3.05, 3.63) is 109 Å². The lowest BCUT2D eigenvalue weighted by atomic mass is 10.0. The van der Waals surface area contributed by atoms with E-state index in [4.69, 9.17) is 14.2 Å². The van der Waals surface area contributed by atoms with Crippen LogP contribution in [0.5, 0.6) is 0 Å². The Balaban J connectivity index is 4.22. The molecular formula is C72H122O6. The molecule has 0 bridgehead atoms. The minimum atomic E-state index is -0.785. The van der Waals surface area contributed by atoms with Crippen molar-refractivity contribution in [2.75, 3.05) is 13.2 Å². The van der Waals surface area contributed by atoms with Crippen LogP contribution in [-0.2, 0) is 28.6 Å². The molecule has 0 radical (unpaired) electrons. The van der Waals surface area contributed by atoms with Gasteiger partial charge in [-0.2, -0.15) is 0 Å². The summed E-state index contributed by atoms with van der Waals surface area (Å²) in [5, 5.41) is 0. The van der Waals surface area contributed by atoms with E-state index in [1.807, 2.05) is 0 Å². The van der Waals surface area contributed by atoms with E-state index < -0.39 is 6.10 Å². The van der Waals surface area contributed by atoms with Crippen molar-refractivity contribution in [1.29, 1.82) is 0 Å². The van der Waals surface area contributed by atoms with Crippen LogP contribution in [0.4, 0.5) is 0 Å². The number of hydrogen-bond donors (Lipinski definition) is 0. The molecule has 0 aromatic heterocycles. The summed E-state index contributed by atoms with van der Waals surface area (Å²) in [6, 6.07) is 0. The second-order valence-corrected chi connectivity index (χ2v) is 21.6. The summed E-state index contributed by atoms with van der Waals surface area (Å²) in [4.78, 5) is 38.2. The van der Waals surface area contributed by atoms with Gasteiger partial charge in [-0.25, -0.2) is 0 Å². The molecule has 0 aliphatic heterocycles. The number of allylic oxidation sites excluding steroid dienone is 18. The molecule has 0 rings (SSSR count). The highest BCUT2D eigenvalue weighted by atomic mass is 16.6. The van der Waals surface area contributed by atoms with Crippen molar-refractivity contribution in [3.63, 3.8) is 0 Å². The third-order valence-electron chi connectivity index (χ3n) is 14.0. The van der Waals surface area contributed by atoms with Crippen LogP contribution in [0.25, 0.3) is 0 Å². The summed E-state index contributed by atoms with van der Waals surface area (Å²) in [5.74, 6) is -0.889. The van der Waals surface area contributed by atoms with Crippen molar-refractivity contribution in [2.45, 2.75) is 316 Å². The molecule has 0 amide bonds. The Morgan fingerprint density at radius 2 is 0.500 bits per heavy atom. The van der Waals surface area contributed by atoms with Crippen LogP contribution in [-0.4, -0.2) is 37.2 Å². The van der Waals surface area contributed by atoms with Gasteiger partial charge in [0, 0.05) is 19.3 Å². The average molecular weight is 1080 g/mol. The van der Waals surface area contributed by atoms with Crippen LogP contribution in [0, 0.1) is 0 Å². The zero-order valence-electron chi connectivity index (χ0n) is 51.2. The van der Waals surface area contributed by atoms with Crippen molar-refractivity contribution < 1.29 is 28.6 Å². The number of hydrogen-bond acceptors (Lipinski definition) is 6. The summed E-state index contributed by atoms with van der Waals surface area (Å²) in [6.45, 7) is 6.49. The first kappa shape index (κ1) is 74.1. The van der Waals surface area contributed by atoms with Gasteiger partial charge in [0.05, 0.1) is 0 Å². The Kier molecular flexibility index (Phi) is 62.3. The number of unbranched alkanes of at least 4 members (excludes halogenated alkanes) is 30. The Hall–Kier alpha value is -3.93. The third-order valence-corrected chi connectivity index (χ3v) is 14.0. The van der Waals surface area contributed by atoms with Crippen LogP contribution in [0.2, 0.25) is 0 Å². The van der Waals surface area contributed by atoms with Crippen molar-refractivity contribution in [3.8, 4) is 0 Å². The van der Waals surface area contributed by atoms with Crippen LogP contribution >= 0.6 is 0 Å². The van der Waals surface area contributed by atoms with Crippen LogP contribution < -0.4 is 0 Å². The van der Waals surface area contributed by atoms with E-state index in [1.165, 1.54) is 148 Å². The molecule has 0 aliphatic rings. The van der Waals surface area contributed by atoms with E-state index in [0.29, 0.717) is 19.3 Å². The van der Waals surface area contributed by atoms with Gasteiger partial charge in [-0.3, -0.25) is 14.4 Å². The molecule has 1 unspecified atom stereocenters. The highest BCUT2D eigenvalue weighted by Crippen LogP contribution is 2.16. The number of ether oxygens (including phenoxy) is 3. The van der Waals surface area contributed by atoms with E-state index in [9.17, 15) is 14.4 Å². The third kappa shape index (κ3) is 62.9. The topological polar surface area (TPSA) is 78.9 Å². The van der Waals surface area contributed by atoms with Crippen molar-refractivity contribution in [2.24, 2.45) is 0 Å². The molecule has 1 atom stereocenters. The molecule has 78 heavy (non-hydrogen) atoms. The van der Waals surface area contributed by atoms with Gasteiger partial charge in [0.1, 0.15) is 13.2 Å². The molecule has 0 aromatic carbocycles. The van der Waals surface area contributed by atoms with Crippen molar-refractivity contribution >= 4 is 17.9 Å². The molecule has 0 aliphatic carbocycles. The molecule has 0 fully saturated rings. The zero-order valence-corrected chi connectivity index (χ0v) is 51.2. The molecule has 0 N–H and O–H groups in total. The fraction of sp³-hybridized carbons (Fsp3) is 0.708. The Bertz CT molecular complexity index is 1570. The Labute approximate surface area is 482 Å². The molecule has 0 aromatic rings. The van der Waals surface area contributed by atoms with Crippen LogP contribution in [0.3, 0.4) is 0 Å². The van der Waals surface area contributed by atoms with Gasteiger partial charge in [-0.1, -0.05) is 291 Å². The van der Waals surface area contributed by atoms with Gasteiger partial charge in [0.2, 0.25) is 0 Å². The van der Waals surface area contributed by atoms with Gasteiger partial charge < -0.3 is 14.2 Å². The minimum Gasteiger partial charge on any atom is -0.462 e. The maximum Gasteiger partial charge on any atom is 0.306 e. The Morgan fingerprint density at radius 3 is 0.808 bits per heavy atom. The first-order chi connectivity index (χ1) is 38.5. The SMILES string of the molecule is CC/C=C\C/C=C\C/C=C\C/C=C\C/C=C\C/C=C\CCCCCCCCCCCCCCC(=O)OCC(COC(=O)CCCCCCCCCCCC)OC(=O)CCCCCCCC/C=C\C/C=C\C/C=C\CCCCC. The lowest BCUT2D eigenvalue weighted by Gasteiger charge is -2.18. The fourth-order valence-corrected chi connectivity index (χ4v) is 9.10. The first-order valence-electron chi connectivity index (χ1n) is 32.9. The number of carbonyl (C=O) groups is 3. The van der Waals surface area contributed by atoms with Gasteiger partial charge in [-0.15, -0.1) is 0 Å². The predicted molar refractivity (Wildman–Crippen MR) is 339 cm³/mol. The number of carbonyl (C=O) groups excluding carboxylic acids is 3. The molecule has 0 saturated carbocycles. The first-order valence-corrected chi connectivity index (χ1v) is 32.9. The van der Waals surface area contributed by atoms with E-state index in [-0.39, 0.29) is 31.1 Å². The van der Waals surface area contributed by atoms with Crippen LogP contribution in [0.1, 0.15) is 310 Å². The summed E-state index contributed by atoms with van der Waals surface area (Å²) < 4.78 is 16.9. The van der Waals surface area contributed by atoms with Crippen molar-refractivity contribution in [1.82, 2.24) is 0 Å². The predicted octanol–water partition coefficient (Wildman–Crippen LogP) is 22.6. The van der Waals surface area contributed by atoms with Crippen LogP contribution in [0.15, 0.2) is 109 Å². The molecule has 0 spiro atoms.